The average Bonchev–Trinajstić information content (AvgIpc) is 3.26. The number of primary amides is 4. The Morgan fingerprint density at radius 1 is 0.465 bits per heavy atom. The minimum atomic E-state index is -1.89. The fraction of sp³-hybridized carbons (Fsp3) is 0.683. The Balaban J connectivity index is 6.57. The third-order valence-electron chi connectivity index (χ3n) is 9.96. The van der Waals surface area contributed by atoms with Crippen LogP contribution in [0.15, 0.2) is 0 Å². The number of aliphatic hydroxyl groups is 1. The first-order valence-corrected chi connectivity index (χ1v) is 24.3. The lowest BCUT2D eigenvalue weighted by Gasteiger charge is -2.28. The molecule has 0 saturated carbocycles. The highest BCUT2D eigenvalue weighted by molar-refractivity contribution is 7.98. The van der Waals surface area contributed by atoms with Crippen molar-refractivity contribution < 1.29 is 72.5 Å². The van der Waals surface area contributed by atoms with Gasteiger partial charge in [-0.3, -0.25) is 57.5 Å². The molecule has 0 aliphatic rings. The summed E-state index contributed by atoms with van der Waals surface area (Å²) in [5, 5.41) is 37.9. The van der Waals surface area contributed by atoms with E-state index in [1.807, 2.05) is 0 Å². The molecule has 0 heterocycles. The summed E-state index contributed by atoms with van der Waals surface area (Å²) in [6, 6.07) is -14.0. The van der Waals surface area contributed by atoms with Crippen molar-refractivity contribution in [3.8, 4) is 0 Å². The molecule has 0 fully saturated rings. The Bertz CT molecular complexity index is 1910. The van der Waals surface area contributed by atoms with Gasteiger partial charge < -0.3 is 81.4 Å². The predicted molar refractivity (Wildman–Crippen MR) is 258 cm³/mol. The zero-order chi connectivity index (χ0) is 54.7. The monoisotopic (exact) mass is 1050 g/mol. The van der Waals surface area contributed by atoms with Crippen LogP contribution in [0.25, 0.3) is 0 Å². The smallest absolute Gasteiger partial charge is 0.326 e. The van der Waals surface area contributed by atoms with Gasteiger partial charge in [0.1, 0.15) is 48.3 Å². The van der Waals surface area contributed by atoms with Gasteiger partial charge in [0.05, 0.1) is 25.5 Å². The maximum Gasteiger partial charge on any atom is 0.326 e. The third-order valence-corrected chi connectivity index (χ3v) is 11.0. The summed E-state index contributed by atoms with van der Waals surface area (Å²) in [5.41, 5.74) is 26.9. The van der Waals surface area contributed by atoms with Crippen molar-refractivity contribution in [2.24, 2.45) is 40.5 Å². The summed E-state index contributed by atoms with van der Waals surface area (Å²) in [6.07, 6.45) is -1.86. The second kappa shape index (κ2) is 33.3. The highest BCUT2D eigenvalue weighted by Gasteiger charge is 2.36. The zero-order valence-electron chi connectivity index (χ0n) is 40.3. The zero-order valence-corrected chi connectivity index (χ0v) is 42.0. The lowest BCUT2D eigenvalue weighted by atomic mass is 10.0. The molecule has 9 atom stereocenters. The van der Waals surface area contributed by atoms with Gasteiger partial charge >= 0.3 is 5.97 Å². The number of nitrogens with two attached hydrogens (primary N) is 5. The van der Waals surface area contributed by atoms with Crippen molar-refractivity contribution >= 4 is 101 Å². The molecule has 71 heavy (non-hydrogen) atoms. The molecule has 0 saturated heterocycles. The minimum Gasteiger partial charge on any atom is -0.480 e. The van der Waals surface area contributed by atoms with E-state index >= 15 is 0 Å². The molecule has 0 unspecified atom stereocenters. The van der Waals surface area contributed by atoms with Crippen LogP contribution in [-0.4, -0.2) is 166 Å². The first kappa shape index (κ1) is 64.7. The second-order valence-corrected chi connectivity index (χ2v) is 18.5. The maximum atomic E-state index is 13.9. The van der Waals surface area contributed by atoms with Crippen LogP contribution in [0.2, 0.25) is 0 Å². The predicted octanol–water partition coefficient (Wildman–Crippen LogP) is -6.67. The van der Waals surface area contributed by atoms with E-state index < -0.39 is 176 Å². The largest absolute Gasteiger partial charge is 0.480 e. The number of thioether (sulfide) groups is 1. The van der Waals surface area contributed by atoms with E-state index in [0.717, 1.165) is 0 Å². The van der Waals surface area contributed by atoms with Crippen LogP contribution in [0.5, 0.6) is 0 Å². The molecule has 402 valence electrons. The van der Waals surface area contributed by atoms with Crippen LogP contribution in [0.1, 0.15) is 85.5 Å². The highest BCUT2D eigenvalue weighted by atomic mass is 32.2. The van der Waals surface area contributed by atoms with Crippen LogP contribution >= 0.6 is 24.4 Å². The Morgan fingerprint density at radius 3 is 1.20 bits per heavy atom. The molecule has 0 aromatic heterocycles. The lowest BCUT2D eigenvalue weighted by molar-refractivity contribution is -0.143. The summed E-state index contributed by atoms with van der Waals surface area (Å²) in [6.45, 7) is 5.88. The molecule has 0 aliphatic carbocycles. The summed E-state index contributed by atoms with van der Waals surface area (Å²) >= 11 is 5.36. The number of carbonyl (C=O) groups excluding carboxylic acids is 12. The van der Waals surface area contributed by atoms with Crippen LogP contribution in [-0.2, 0) is 62.3 Å². The van der Waals surface area contributed by atoms with Crippen molar-refractivity contribution in [1.82, 2.24) is 42.5 Å². The normalized spacial score (nSPS) is 14.8. The van der Waals surface area contributed by atoms with Gasteiger partial charge in [-0.1, -0.05) is 27.7 Å². The molecule has 0 aliphatic heterocycles. The number of hydrogen-bond acceptors (Lipinski definition) is 17. The fourth-order valence-corrected chi connectivity index (χ4v) is 7.03. The number of carboxylic acids is 1. The highest BCUT2D eigenvalue weighted by Crippen LogP contribution is 2.11. The molecule has 0 aromatic rings. The fourth-order valence-electron chi connectivity index (χ4n) is 6.30. The van der Waals surface area contributed by atoms with Crippen molar-refractivity contribution in [3.63, 3.8) is 0 Å². The number of aliphatic hydroxyl groups excluding tert-OH is 1. The van der Waals surface area contributed by atoms with Crippen LogP contribution < -0.4 is 71.2 Å². The summed E-state index contributed by atoms with van der Waals surface area (Å²) in [7, 11) is 0. The summed E-state index contributed by atoms with van der Waals surface area (Å²) in [4.78, 5) is 166. The van der Waals surface area contributed by atoms with Crippen LogP contribution in [0, 0.1) is 11.8 Å². The number of amides is 12. The van der Waals surface area contributed by atoms with E-state index in [1.54, 1.807) is 34.0 Å². The van der Waals surface area contributed by atoms with E-state index in [2.05, 4.69) is 55.2 Å². The molecular weight excluding hydrogens is 979 g/mol. The Labute approximate surface area is 419 Å². The van der Waals surface area contributed by atoms with Gasteiger partial charge in [0.25, 0.3) is 0 Å². The van der Waals surface area contributed by atoms with E-state index in [1.165, 1.54) is 11.8 Å². The first-order chi connectivity index (χ1) is 33.1. The third kappa shape index (κ3) is 26.5. The maximum absolute atomic E-state index is 13.9. The van der Waals surface area contributed by atoms with Crippen LogP contribution in [0.4, 0.5) is 0 Å². The molecule has 20 N–H and O–H groups in total. The van der Waals surface area contributed by atoms with Gasteiger partial charge in [-0.15, -0.1) is 0 Å². The quantitative estimate of drug-likeness (QED) is 0.0259. The number of aliphatic carboxylic acids is 1. The second-order valence-electron chi connectivity index (χ2n) is 17.2. The Kier molecular flexibility index (Phi) is 30.4. The summed E-state index contributed by atoms with van der Waals surface area (Å²) < 4.78 is 0. The molecule has 0 bridgehead atoms. The van der Waals surface area contributed by atoms with E-state index in [9.17, 15) is 72.5 Å². The van der Waals surface area contributed by atoms with Crippen molar-refractivity contribution in [1.29, 1.82) is 0 Å². The van der Waals surface area contributed by atoms with E-state index in [-0.39, 0.29) is 42.6 Å². The van der Waals surface area contributed by atoms with Crippen molar-refractivity contribution in [2.75, 3.05) is 24.4 Å². The number of hydrogen-bond donors (Lipinski definition) is 16. The summed E-state index contributed by atoms with van der Waals surface area (Å²) in [5.74, 6) is -14.2. The van der Waals surface area contributed by atoms with Gasteiger partial charge in [-0.05, 0) is 55.9 Å². The van der Waals surface area contributed by atoms with Gasteiger partial charge in [0, 0.05) is 18.6 Å². The van der Waals surface area contributed by atoms with Crippen molar-refractivity contribution in [2.45, 2.75) is 140 Å². The first-order valence-electron chi connectivity index (χ1n) is 22.3. The van der Waals surface area contributed by atoms with Crippen molar-refractivity contribution in [3.05, 3.63) is 0 Å². The van der Waals surface area contributed by atoms with E-state index in [4.69, 9.17) is 28.7 Å². The molecule has 0 radical (unpaired) electrons. The molecule has 0 spiro atoms. The SMILES string of the molecule is CSCC[C@H](NC(=O)[C@H](CCC(N)=O)NC(=O)[C@H](CC(N)=O)NC(=O)[C@H](CCC(N)=O)NC(=O)[C@H](CC(C)C)NC(=O)[C@@H](N)CC(N)=O)C(=O)N[C@@H](CS)C(=O)N[C@@H](CO)C(=O)N[C@@H](CC(C)C)C(=O)O. The molecular formula is C41H71N13O15S2. The Morgan fingerprint density at radius 2 is 0.803 bits per heavy atom. The molecule has 0 rings (SSSR count). The molecule has 28 nitrogen and oxygen atoms in total. The van der Waals surface area contributed by atoms with Gasteiger partial charge in [0.2, 0.25) is 70.9 Å². The lowest BCUT2D eigenvalue weighted by Crippen LogP contribution is -2.61. The molecule has 12 amide bonds. The van der Waals surface area contributed by atoms with E-state index in [0.29, 0.717) is 0 Å². The number of thiol groups is 1. The molecule has 0 aromatic carbocycles. The van der Waals surface area contributed by atoms with Gasteiger partial charge in [0.15, 0.2) is 0 Å². The topological polar surface area (TPSA) is 489 Å². The van der Waals surface area contributed by atoms with Gasteiger partial charge in [-0.2, -0.15) is 24.4 Å². The number of carboxylic acid groups (broad SMARTS) is 1. The van der Waals surface area contributed by atoms with Crippen LogP contribution in [0.3, 0.4) is 0 Å². The Hall–Kier alpha value is -6.27. The van der Waals surface area contributed by atoms with Gasteiger partial charge in [-0.25, -0.2) is 4.79 Å². The minimum absolute atomic E-state index is 0.0147. The average molecular weight is 1050 g/mol. The number of carbonyl (C=O) groups is 13. The number of rotatable bonds is 36. The molecule has 30 heteroatoms. The number of nitrogens with one attached hydrogen (secondary N) is 8. The standard InChI is InChI=1S/C41H71N13O15S2/c1-18(2)12-24(50-33(60)20(42)14-31(45)58)37(64)47-22(7-9-30(44)57)35(62)51-25(15-32(46)59)38(65)48-21(6-8-29(43)56)34(61)49-23(10-11-71-5)36(63)54-28(17-70)40(67)53-27(16-55)39(66)52-26(41(68)69)13-19(3)4/h18-28,55,70H,6-17,42H2,1-5H3,(H2,43,56)(H2,44,57)(H2,45,58)(H2,46,59)(H,47,64)(H,48,65)(H,49,61)(H,50,60)(H,51,62)(H,52,66)(H,53,67)(H,54,63)(H,68,69)/t20-,21-,22-,23-,24-,25-,26-,27-,28-/m0/s1.